The van der Waals surface area contributed by atoms with E-state index in [1.54, 1.807) is 0 Å². The quantitative estimate of drug-likeness (QED) is 0.739. The maximum atomic E-state index is 11.3. The minimum absolute atomic E-state index is 0.0729. The van der Waals surface area contributed by atoms with Crippen LogP contribution in [0.25, 0.3) is 6.08 Å². The van der Waals surface area contributed by atoms with Gasteiger partial charge in [-0.2, -0.15) is 5.10 Å². The highest BCUT2D eigenvalue weighted by Crippen LogP contribution is 2.66. The molecule has 1 aromatic heterocycles. The third-order valence-electron chi connectivity index (χ3n) is 9.64. The summed E-state index contributed by atoms with van der Waals surface area (Å²) >= 11 is 0. The number of hydrogen-bond donors (Lipinski definition) is 1. The van der Waals surface area contributed by atoms with E-state index in [0.717, 1.165) is 29.9 Å². The van der Waals surface area contributed by atoms with Crippen molar-refractivity contribution < 1.29 is 5.11 Å². The molecule has 4 fully saturated rings. The molecule has 3 nitrogen and oxygen atoms in total. The fourth-order valence-electron chi connectivity index (χ4n) is 8.01. The van der Waals surface area contributed by atoms with Gasteiger partial charge < -0.3 is 5.11 Å². The summed E-state index contributed by atoms with van der Waals surface area (Å²) in [4.78, 5) is 0. The molecule has 4 aliphatic rings. The second-order valence-electron chi connectivity index (χ2n) is 10.7. The van der Waals surface area contributed by atoms with E-state index in [-0.39, 0.29) is 11.5 Å². The summed E-state index contributed by atoms with van der Waals surface area (Å²) in [5, 5.41) is 15.6. The highest BCUT2D eigenvalue weighted by Gasteiger charge is 2.60. The van der Waals surface area contributed by atoms with E-state index in [1.807, 2.05) is 17.9 Å². The Kier molecular flexibility index (Phi) is 4.13. The first-order valence-electron chi connectivity index (χ1n) is 11.3. The van der Waals surface area contributed by atoms with Gasteiger partial charge in [-0.1, -0.05) is 26.7 Å². The summed E-state index contributed by atoms with van der Waals surface area (Å²) < 4.78 is 1.92. The largest absolute Gasteiger partial charge is 0.388 e. The van der Waals surface area contributed by atoms with Crippen LogP contribution in [-0.2, 0) is 7.05 Å². The van der Waals surface area contributed by atoms with E-state index in [1.165, 1.54) is 56.9 Å². The van der Waals surface area contributed by atoms with Crippen LogP contribution in [0.2, 0.25) is 0 Å². The van der Waals surface area contributed by atoms with E-state index >= 15 is 0 Å². The molecule has 5 rings (SSSR count). The fourth-order valence-corrected chi connectivity index (χ4v) is 8.01. The minimum Gasteiger partial charge on any atom is -0.388 e. The Morgan fingerprint density at radius 1 is 1.07 bits per heavy atom. The Hall–Kier alpha value is -1.09. The predicted octanol–water partition coefficient (Wildman–Crippen LogP) is 5.21. The molecule has 1 N–H and O–H groups in total. The lowest BCUT2D eigenvalue weighted by Crippen LogP contribution is -2.53. The van der Waals surface area contributed by atoms with Crippen molar-refractivity contribution in [1.82, 2.24) is 9.78 Å². The molecule has 0 spiro atoms. The molecule has 4 saturated carbocycles. The number of aromatic nitrogens is 2. The third kappa shape index (κ3) is 2.53. The van der Waals surface area contributed by atoms with E-state index in [9.17, 15) is 5.11 Å². The summed E-state index contributed by atoms with van der Waals surface area (Å²) in [6, 6.07) is 2.06. The Morgan fingerprint density at radius 3 is 2.70 bits per heavy atom. The van der Waals surface area contributed by atoms with Crippen LogP contribution in [0, 0.1) is 34.5 Å². The van der Waals surface area contributed by atoms with Gasteiger partial charge >= 0.3 is 0 Å². The minimum atomic E-state index is -0.282. The molecule has 0 unspecified atom stereocenters. The number of aliphatic hydroxyl groups is 1. The molecular formula is C24H36N2O. The zero-order chi connectivity index (χ0) is 18.8. The first-order valence-corrected chi connectivity index (χ1v) is 11.3. The van der Waals surface area contributed by atoms with Gasteiger partial charge in [-0.05, 0) is 91.7 Å². The molecule has 1 heterocycles. The van der Waals surface area contributed by atoms with Crippen molar-refractivity contribution in [2.45, 2.75) is 77.7 Å². The topological polar surface area (TPSA) is 38.0 Å². The molecule has 0 radical (unpaired) electrons. The number of hydrogen-bond acceptors (Lipinski definition) is 2. The lowest BCUT2D eigenvalue weighted by molar-refractivity contribution is -0.119. The first-order chi connectivity index (χ1) is 12.9. The number of fused-ring (bicyclic) bond motifs is 5. The second kappa shape index (κ2) is 6.20. The number of aliphatic hydroxyl groups excluding tert-OH is 1. The van der Waals surface area contributed by atoms with Crippen molar-refractivity contribution in [2.24, 2.45) is 41.5 Å². The van der Waals surface area contributed by atoms with Crippen LogP contribution in [0.5, 0.6) is 0 Å². The molecule has 0 saturated heterocycles. The third-order valence-corrected chi connectivity index (χ3v) is 9.64. The van der Waals surface area contributed by atoms with Crippen molar-refractivity contribution >= 4 is 6.08 Å². The zero-order valence-corrected chi connectivity index (χ0v) is 17.3. The Labute approximate surface area is 164 Å². The number of rotatable bonds is 1. The Morgan fingerprint density at radius 2 is 1.93 bits per heavy atom. The van der Waals surface area contributed by atoms with Crippen LogP contribution in [0.3, 0.4) is 0 Å². The molecule has 148 valence electrons. The van der Waals surface area contributed by atoms with Crippen LogP contribution < -0.4 is 0 Å². The van der Waals surface area contributed by atoms with Gasteiger partial charge in [-0.15, -0.1) is 0 Å². The summed E-state index contributed by atoms with van der Waals surface area (Å²) in [7, 11) is 1.99. The van der Waals surface area contributed by atoms with Crippen LogP contribution in [-0.4, -0.2) is 21.0 Å². The maximum Gasteiger partial charge on any atom is 0.0810 e. The van der Waals surface area contributed by atoms with Crippen molar-refractivity contribution in [3.63, 3.8) is 0 Å². The van der Waals surface area contributed by atoms with Gasteiger partial charge in [0.1, 0.15) is 0 Å². The summed E-state index contributed by atoms with van der Waals surface area (Å²) in [5.41, 5.74) is 3.01. The summed E-state index contributed by atoms with van der Waals surface area (Å²) in [5.74, 6) is 3.33. The second-order valence-corrected chi connectivity index (χ2v) is 10.7. The van der Waals surface area contributed by atoms with Gasteiger partial charge in [0.15, 0.2) is 0 Å². The highest BCUT2D eigenvalue weighted by molar-refractivity contribution is 5.52. The number of nitrogens with zero attached hydrogens (tertiary/aromatic N) is 2. The monoisotopic (exact) mass is 368 g/mol. The fraction of sp³-hybridized carbons (Fsp3) is 0.792. The summed E-state index contributed by atoms with van der Waals surface area (Å²) in [6.45, 7) is 5.02. The molecule has 3 heteroatoms. The predicted molar refractivity (Wildman–Crippen MR) is 109 cm³/mol. The van der Waals surface area contributed by atoms with Crippen molar-refractivity contribution in [3.8, 4) is 0 Å². The van der Waals surface area contributed by atoms with Crippen LogP contribution in [0.1, 0.15) is 77.3 Å². The molecule has 0 aliphatic heterocycles. The molecular weight excluding hydrogens is 332 g/mol. The molecule has 0 aromatic carbocycles. The van der Waals surface area contributed by atoms with Gasteiger partial charge in [0.2, 0.25) is 0 Å². The average Bonchev–Trinajstić information content (AvgIpc) is 3.17. The Bertz CT molecular complexity index is 751. The molecule has 0 amide bonds. The first kappa shape index (κ1) is 18.0. The lowest BCUT2D eigenvalue weighted by Gasteiger charge is -2.60. The van der Waals surface area contributed by atoms with Gasteiger partial charge in [0.05, 0.1) is 11.8 Å². The zero-order valence-electron chi connectivity index (χ0n) is 17.3. The molecule has 1 aromatic rings. The van der Waals surface area contributed by atoms with Gasteiger partial charge in [-0.3, -0.25) is 4.68 Å². The SMILES string of the molecule is Cn1nccc1/C=C1/C[C@@H]2[C@H]3CC[C@H]4CCCC[C@]4(C)[C@@H]3CC[C@@]2(C)[C@@H]1O. The van der Waals surface area contributed by atoms with Crippen LogP contribution in [0.4, 0.5) is 0 Å². The van der Waals surface area contributed by atoms with Gasteiger partial charge in [0.25, 0.3) is 0 Å². The average molecular weight is 369 g/mol. The maximum absolute atomic E-state index is 11.3. The summed E-state index contributed by atoms with van der Waals surface area (Å²) in [6.07, 6.45) is 16.1. The molecule has 0 bridgehead atoms. The Balaban J connectivity index is 1.47. The standard InChI is InChI=1S/C24H36N2O/c1-23-11-5-4-6-17(23)7-8-19-20(23)9-12-24(2)21(19)15-16(22(24)27)14-18-10-13-25-26(18)3/h10,13-14,17,19-22,27H,4-9,11-12,15H2,1-3H3/b16-14-/t17-,19+,20-,21-,22-,23+,24-/m1/s1. The van der Waals surface area contributed by atoms with Crippen LogP contribution >= 0.6 is 0 Å². The smallest absolute Gasteiger partial charge is 0.0810 e. The lowest BCUT2D eigenvalue weighted by atomic mass is 9.45. The van der Waals surface area contributed by atoms with E-state index in [2.05, 4.69) is 31.1 Å². The number of aryl methyl sites for hydroxylation is 1. The molecule has 7 atom stereocenters. The normalized spacial score (nSPS) is 48.1. The highest BCUT2D eigenvalue weighted by atomic mass is 16.3. The molecule has 4 aliphatic carbocycles. The van der Waals surface area contributed by atoms with Crippen molar-refractivity contribution in [3.05, 3.63) is 23.5 Å². The van der Waals surface area contributed by atoms with Crippen molar-refractivity contribution in [2.75, 3.05) is 0 Å². The van der Waals surface area contributed by atoms with Crippen LogP contribution in [0.15, 0.2) is 17.8 Å². The molecule has 27 heavy (non-hydrogen) atoms. The van der Waals surface area contributed by atoms with E-state index in [4.69, 9.17) is 0 Å². The van der Waals surface area contributed by atoms with E-state index in [0.29, 0.717) is 11.3 Å². The van der Waals surface area contributed by atoms with E-state index < -0.39 is 0 Å². The van der Waals surface area contributed by atoms with Crippen molar-refractivity contribution in [1.29, 1.82) is 0 Å². The van der Waals surface area contributed by atoms with Gasteiger partial charge in [-0.25, -0.2) is 0 Å². The van der Waals surface area contributed by atoms with Gasteiger partial charge in [0, 0.05) is 18.7 Å².